The Labute approximate surface area is 171 Å². The monoisotopic (exact) mass is 414 g/mol. The fraction of sp³-hybridized carbons (Fsp3) is 0.238. The van der Waals surface area contributed by atoms with Crippen LogP contribution < -0.4 is 15.5 Å². The lowest BCUT2D eigenvalue weighted by Gasteiger charge is -2.31. The van der Waals surface area contributed by atoms with Crippen LogP contribution in [0.15, 0.2) is 54.9 Å². The van der Waals surface area contributed by atoms with Crippen LogP contribution in [0, 0.1) is 11.6 Å². The van der Waals surface area contributed by atoms with Crippen molar-refractivity contribution in [2.75, 3.05) is 19.0 Å². The third kappa shape index (κ3) is 3.97. The van der Waals surface area contributed by atoms with Crippen LogP contribution in [-0.2, 0) is 9.59 Å². The van der Waals surface area contributed by atoms with Crippen molar-refractivity contribution in [2.45, 2.75) is 18.5 Å². The molecule has 2 unspecified atom stereocenters. The topological polar surface area (TPSA) is 73.9 Å². The number of carbonyl (C=O) groups is 2. The minimum atomic E-state index is -0.877. The number of hydrogen-bond donors (Lipinski definition) is 2. The summed E-state index contributed by atoms with van der Waals surface area (Å²) in [5.74, 6) is -1.68. The Morgan fingerprint density at radius 3 is 2.67 bits per heavy atom. The van der Waals surface area contributed by atoms with Crippen molar-refractivity contribution in [2.24, 2.45) is 0 Å². The highest BCUT2D eigenvalue weighted by Crippen LogP contribution is 2.31. The maximum Gasteiger partial charge on any atom is 0.251 e. The number of hydrazine groups is 1. The van der Waals surface area contributed by atoms with Gasteiger partial charge >= 0.3 is 0 Å². The molecule has 9 heteroatoms. The molecule has 2 aliphatic heterocycles. The van der Waals surface area contributed by atoms with Crippen molar-refractivity contribution in [3.63, 3.8) is 0 Å². The fourth-order valence-corrected chi connectivity index (χ4v) is 3.56. The Kier molecular flexibility index (Phi) is 5.37. The third-order valence-electron chi connectivity index (χ3n) is 5.11. The zero-order chi connectivity index (χ0) is 21.3. The quantitative estimate of drug-likeness (QED) is 0.787. The predicted octanol–water partition coefficient (Wildman–Crippen LogP) is 2.55. The minimum Gasteiger partial charge on any atom is -0.497 e. The van der Waals surface area contributed by atoms with Gasteiger partial charge in [0.1, 0.15) is 30.0 Å². The van der Waals surface area contributed by atoms with Gasteiger partial charge in [0, 0.05) is 18.5 Å². The van der Waals surface area contributed by atoms with Crippen LogP contribution in [0.3, 0.4) is 0 Å². The van der Waals surface area contributed by atoms with Gasteiger partial charge in [-0.2, -0.15) is 0 Å². The summed E-state index contributed by atoms with van der Waals surface area (Å²) in [7, 11) is 1.60. The number of ether oxygens (including phenoxy) is 1. The number of nitrogens with one attached hydrogen (secondary N) is 2. The highest BCUT2D eigenvalue weighted by molar-refractivity contribution is 5.96. The summed E-state index contributed by atoms with van der Waals surface area (Å²) in [6, 6.07) is 9.94. The average Bonchev–Trinajstić information content (AvgIpc) is 3.17. The van der Waals surface area contributed by atoms with Crippen LogP contribution in [0.2, 0.25) is 0 Å². The molecule has 2 aliphatic rings. The molecule has 1 saturated heterocycles. The maximum atomic E-state index is 13.7. The summed E-state index contributed by atoms with van der Waals surface area (Å²) < 4.78 is 31.9. The molecule has 1 fully saturated rings. The molecular formula is C21H20F2N4O3. The van der Waals surface area contributed by atoms with Gasteiger partial charge in [-0.1, -0.05) is 12.1 Å². The summed E-state index contributed by atoms with van der Waals surface area (Å²) in [5.41, 5.74) is 4.15. The number of nitrogens with zero attached hydrogens (tertiary/aromatic N) is 2. The number of fused-ring (bicyclic) bond motifs is 1. The van der Waals surface area contributed by atoms with E-state index in [4.69, 9.17) is 4.74 Å². The average molecular weight is 414 g/mol. The zero-order valence-corrected chi connectivity index (χ0v) is 16.1. The number of carbonyl (C=O) groups excluding carboxylic acids is 2. The van der Waals surface area contributed by atoms with Crippen LogP contribution in [0.4, 0.5) is 14.5 Å². The molecule has 0 bridgehead atoms. The Balaban J connectivity index is 1.39. The van der Waals surface area contributed by atoms with Crippen LogP contribution in [0.5, 0.6) is 5.75 Å². The Morgan fingerprint density at radius 2 is 1.97 bits per heavy atom. The number of benzene rings is 2. The number of rotatable bonds is 5. The lowest BCUT2D eigenvalue weighted by atomic mass is 10.0. The zero-order valence-electron chi connectivity index (χ0n) is 16.1. The molecule has 0 saturated carbocycles. The Bertz CT molecular complexity index is 996. The molecule has 0 spiro atoms. The molecule has 0 radical (unpaired) electrons. The minimum absolute atomic E-state index is 0.0587. The van der Waals surface area contributed by atoms with Gasteiger partial charge in [0.05, 0.1) is 18.8 Å². The van der Waals surface area contributed by atoms with Gasteiger partial charge in [0.2, 0.25) is 5.91 Å². The van der Waals surface area contributed by atoms with Crippen molar-refractivity contribution in [3.05, 3.63) is 72.1 Å². The van der Waals surface area contributed by atoms with E-state index >= 15 is 0 Å². The molecule has 4 rings (SSSR count). The van der Waals surface area contributed by atoms with Gasteiger partial charge in [0.25, 0.3) is 5.91 Å². The summed E-state index contributed by atoms with van der Waals surface area (Å²) in [6.07, 6.45) is 3.73. The third-order valence-corrected chi connectivity index (χ3v) is 5.11. The van der Waals surface area contributed by atoms with E-state index in [2.05, 4.69) is 10.7 Å². The first kappa shape index (κ1) is 19.8. The van der Waals surface area contributed by atoms with Crippen LogP contribution in [0.1, 0.15) is 18.0 Å². The second-order valence-corrected chi connectivity index (χ2v) is 7.05. The molecule has 2 heterocycles. The van der Waals surface area contributed by atoms with Crippen molar-refractivity contribution in [1.29, 1.82) is 0 Å². The van der Waals surface area contributed by atoms with E-state index in [9.17, 15) is 18.4 Å². The van der Waals surface area contributed by atoms with E-state index in [1.165, 1.54) is 11.1 Å². The van der Waals surface area contributed by atoms with E-state index in [-0.39, 0.29) is 24.2 Å². The molecule has 2 N–H and O–H groups in total. The van der Waals surface area contributed by atoms with Crippen LogP contribution in [0.25, 0.3) is 0 Å². The van der Waals surface area contributed by atoms with Gasteiger partial charge in [-0.05, 0) is 36.2 Å². The molecule has 2 atom stereocenters. The summed E-state index contributed by atoms with van der Waals surface area (Å²) in [5, 5.41) is 4.09. The van der Waals surface area contributed by atoms with Crippen molar-refractivity contribution in [3.8, 4) is 5.75 Å². The lowest BCUT2D eigenvalue weighted by Crippen LogP contribution is -2.49. The second-order valence-electron chi connectivity index (χ2n) is 7.05. The number of halogens is 2. The molecule has 2 aromatic rings. The molecule has 2 aromatic carbocycles. The van der Waals surface area contributed by atoms with Gasteiger partial charge in [0.15, 0.2) is 0 Å². The first-order valence-corrected chi connectivity index (χ1v) is 9.37. The van der Waals surface area contributed by atoms with Crippen molar-refractivity contribution in [1.82, 2.24) is 15.3 Å². The molecule has 7 nitrogen and oxygen atoms in total. The summed E-state index contributed by atoms with van der Waals surface area (Å²) >= 11 is 0. The highest BCUT2D eigenvalue weighted by Gasteiger charge is 2.40. The van der Waals surface area contributed by atoms with Crippen molar-refractivity contribution >= 4 is 17.5 Å². The first-order chi connectivity index (χ1) is 14.4. The smallest absolute Gasteiger partial charge is 0.251 e. The highest BCUT2D eigenvalue weighted by atomic mass is 19.1. The van der Waals surface area contributed by atoms with Gasteiger partial charge in [-0.3, -0.25) is 9.59 Å². The summed E-state index contributed by atoms with van der Waals surface area (Å²) in [6.45, 7) is -0.274. The standard InChI is InChI=1S/C21H20F2N4O3/c1-30-15-5-2-13(3-6-15)18-11-19-21(29)26(8-9-27(19)25-18)12-20(28)24-17-7-4-14(22)10-16(17)23/h2-10,18-19,25H,11-12H2,1H3,(H,24,28). The molecular weight excluding hydrogens is 394 g/mol. The number of amides is 2. The van der Waals surface area contributed by atoms with Crippen LogP contribution >= 0.6 is 0 Å². The molecule has 0 aliphatic carbocycles. The van der Waals surface area contributed by atoms with E-state index in [0.717, 1.165) is 23.4 Å². The lowest BCUT2D eigenvalue weighted by molar-refractivity contribution is -0.137. The number of hydrogen-bond acceptors (Lipinski definition) is 5. The molecule has 30 heavy (non-hydrogen) atoms. The van der Waals surface area contributed by atoms with E-state index < -0.39 is 23.6 Å². The SMILES string of the molecule is COc1ccc(C2CC3C(=O)N(CC(=O)Nc4ccc(F)cc4F)C=CN3N2)cc1. The largest absolute Gasteiger partial charge is 0.497 e. The summed E-state index contributed by atoms with van der Waals surface area (Å²) in [4.78, 5) is 26.4. The number of methoxy groups -OCH3 is 1. The normalized spacial score (nSPS) is 20.3. The molecule has 156 valence electrons. The molecule has 2 amide bonds. The maximum absolute atomic E-state index is 13.7. The predicted molar refractivity (Wildman–Crippen MR) is 105 cm³/mol. The second kappa shape index (κ2) is 8.11. The van der Waals surface area contributed by atoms with Gasteiger partial charge in [-0.15, -0.1) is 0 Å². The number of anilines is 1. The van der Waals surface area contributed by atoms with Crippen LogP contribution in [-0.4, -0.2) is 41.4 Å². The Morgan fingerprint density at radius 1 is 1.20 bits per heavy atom. The first-order valence-electron chi connectivity index (χ1n) is 9.37. The molecule has 0 aromatic heterocycles. The van der Waals surface area contributed by atoms with Gasteiger partial charge < -0.3 is 20.0 Å². The Hall–Kier alpha value is -3.46. The fourth-order valence-electron chi connectivity index (χ4n) is 3.56. The van der Waals surface area contributed by atoms with E-state index in [0.29, 0.717) is 12.5 Å². The van der Waals surface area contributed by atoms with Gasteiger partial charge in [-0.25, -0.2) is 14.2 Å². The van der Waals surface area contributed by atoms with Crippen molar-refractivity contribution < 1.29 is 23.1 Å². The van der Waals surface area contributed by atoms with E-state index in [1.807, 2.05) is 24.3 Å². The van der Waals surface area contributed by atoms with E-state index in [1.54, 1.807) is 18.3 Å².